The van der Waals surface area contributed by atoms with Crippen LogP contribution in [0.2, 0.25) is 0 Å². The summed E-state index contributed by atoms with van der Waals surface area (Å²) in [6.45, 7) is 8.33. The van der Waals surface area contributed by atoms with E-state index in [0.29, 0.717) is 26.1 Å². The standard InChI is InChI=1S/C23H36N2O7/c1-14(2)6-7-17-22(3,32-17)19-18(28-5)16(8-9-23(19)13-30-23)31-21(27)25-10-15(11-25)12-29-20(26)24-4/h6,15-19H,7-13H2,1-5H3,(H,24,26)/t16-,17-,18-,19-,22+,23+/m1/s1. The number of allylic oxidation sites excluding steroid dienone is 1. The zero-order valence-electron chi connectivity index (χ0n) is 19.7. The van der Waals surface area contributed by atoms with E-state index in [9.17, 15) is 9.59 Å². The van der Waals surface area contributed by atoms with Crippen LogP contribution in [0.25, 0.3) is 0 Å². The van der Waals surface area contributed by atoms with Crippen molar-refractivity contribution in [3.05, 3.63) is 11.6 Å². The summed E-state index contributed by atoms with van der Waals surface area (Å²) in [6.07, 6.45) is 3.27. The number of rotatable bonds is 7. The molecule has 1 aliphatic carbocycles. The third-order valence-electron chi connectivity index (χ3n) is 7.36. The average molecular weight is 453 g/mol. The molecule has 3 aliphatic heterocycles. The van der Waals surface area contributed by atoms with Crippen LogP contribution in [0.5, 0.6) is 0 Å². The largest absolute Gasteiger partial charge is 0.449 e. The van der Waals surface area contributed by atoms with Gasteiger partial charge in [0.25, 0.3) is 0 Å². The molecule has 4 fully saturated rings. The molecule has 0 aromatic rings. The normalized spacial score (nSPS) is 38.0. The molecule has 6 atom stereocenters. The molecule has 2 amide bonds. The molecule has 3 heterocycles. The minimum atomic E-state index is -0.461. The third kappa shape index (κ3) is 4.47. The van der Waals surface area contributed by atoms with Crippen molar-refractivity contribution in [2.75, 3.05) is 40.5 Å². The van der Waals surface area contributed by atoms with Crippen LogP contribution in [-0.2, 0) is 23.7 Å². The molecule has 9 heteroatoms. The average Bonchev–Trinajstić information content (AvgIpc) is 3.63. The Balaban J connectivity index is 1.35. The zero-order chi connectivity index (χ0) is 23.1. The van der Waals surface area contributed by atoms with Gasteiger partial charge >= 0.3 is 12.2 Å². The van der Waals surface area contributed by atoms with E-state index in [1.807, 2.05) is 0 Å². The predicted octanol–water partition coefficient (Wildman–Crippen LogP) is 2.49. The highest BCUT2D eigenvalue weighted by atomic mass is 16.6. The number of nitrogens with zero attached hydrogens (tertiary/aromatic N) is 1. The minimum absolute atomic E-state index is 0.00667. The maximum atomic E-state index is 12.7. The molecule has 32 heavy (non-hydrogen) atoms. The van der Waals surface area contributed by atoms with Crippen molar-refractivity contribution in [1.29, 1.82) is 0 Å². The van der Waals surface area contributed by atoms with Crippen LogP contribution in [0.15, 0.2) is 11.6 Å². The lowest BCUT2D eigenvalue weighted by molar-refractivity contribution is -0.125. The molecule has 1 N–H and O–H groups in total. The first-order valence-electron chi connectivity index (χ1n) is 11.5. The molecule has 0 aromatic heterocycles. The molecule has 4 rings (SSSR count). The summed E-state index contributed by atoms with van der Waals surface area (Å²) in [5.41, 5.74) is 0.678. The van der Waals surface area contributed by atoms with Gasteiger partial charge in [0.1, 0.15) is 23.4 Å². The van der Waals surface area contributed by atoms with Gasteiger partial charge in [0.15, 0.2) is 0 Å². The molecular formula is C23H36N2O7. The van der Waals surface area contributed by atoms with Gasteiger partial charge in [-0.2, -0.15) is 0 Å². The second-order valence-corrected chi connectivity index (χ2v) is 9.92. The summed E-state index contributed by atoms with van der Waals surface area (Å²) >= 11 is 0. The van der Waals surface area contributed by atoms with Gasteiger partial charge in [-0.3, -0.25) is 0 Å². The summed E-state index contributed by atoms with van der Waals surface area (Å²) in [5, 5.41) is 2.41. The third-order valence-corrected chi connectivity index (χ3v) is 7.36. The van der Waals surface area contributed by atoms with Gasteiger partial charge < -0.3 is 33.9 Å². The Kier molecular flexibility index (Phi) is 6.44. The van der Waals surface area contributed by atoms with Gasteiger partial charge in [0.05, 0.1) is 25.2 Å². The van der Waals surface area contributed by atoms with Crippen LogP contribution in [0.4, 0.5) is 9.59 Å². The number of carbonyl (C=O) groups is 2. The van der Waals surface area contributed by atoms with Crippen LogP contribution in [0.1, 0.15) is 40.0 Å². The fraction of sp³-hybridized carbons (Fsp3) is 0.826. The minimum Gasteiger partial charge on any atom is -0.449 e. The van der Waals surface area contributed by atoms with Gasteiger partial charge in [-0.25, -0.2) is 9.59 Å². The lowest BCUT2D eigenvalue weighted by Crippen LogP contribution is -2.58. The van der Waals surface area contributed by atoms with E-state index in [0.717, 1.165) is 12.8 Å². The van der Waals surface area contributed by atoms with Crippen LogP contribution in [0, 0.1) is 11.8 Å². The number of nitrogens with one attached hydrogen (secondary N) is 1. The van der Waals surface area contributed by atoms with Crippen LogP contribution in [0.3, 0.4) is 0 Å². The molecule has 180 valence electrons. The summed E-state index contributed by atoms with van der Waals surface area (Å²) in [4.78, 5) is 25.6. The SMILES string of the molecule is CNC(=O)OCC1CN(C(=O)O[C@@H]2CC[C@]3(CO3)[C@@H]([C@@]3(C)O[C@@H]3CC=C(C)C)[C@@H]2OC)C1. The highest BCUT2D eigenvalue weighted by molar-refractivity contribution is 5.69. The number of hydrogen-bond donors (Lipinski definition) is 1. The first kappa shape index (κ1) is 23.3. The smallest absolute Gasteiger partial charge is 0.410 e. The monoisotopic (exact) mass is 452 g/mol. The molecule has 4 aliphatic rings. The summed E-state index contributed by atoms with van der Waals surface area (Å²) < 4.78 is 29.1. The van der Waals surface area contributed by atoms with E-state index < -0.39 is 6.09 Å². The second-order valence-electron chi connectivity index (χ2n) is 9.92. The van der Waals surface area contributed by atoms with E-state index in [2.05, 4.69) is 32.2 Å². The van der Waals surface area contributed by atoms with Crippen molar-refractivity contribution in [1.82, 2.24) is 10.2 Å². The number of alkyl carbamates (subject to hydrolysis) is 1. The number of hydrogen-bond acceptors (Lipinski definition) is 7. The molecule has 0 radical (unpaired) electrons. The van der Waals surface area contributed by atoms with E-state index in [-0.39, 0.29) is 54.0 Å². The first-order chi connectivity index (χ1) is 15.2. The molecule has 3 saturated heterocycles. The van der Waals surface area contributed by atoms with Gasteiger partial charge in [0.2, 0.25) is 0 Å². The maximum absolute atomic E-state index is 12.7. The van der Waals surface area contributed by atoms with Gasteiger partial charge in [-0.1, -0.05) is 11.6 Å². The van der Waals surface area contributed by atoms with Gasteiger partial charge in [-0.05, 0) is 40.0 Å². The fourth-order valence-corrected chi connectivity index (χ4v) is 5.36. The predicted molar refractivity (Wildman–Crippen MR) is 115 cm³/mol. The van der Waals surface area contributed by atoms with Crippen molar-refractivity contribution in [2.24, 2.45) is 11.8 Å². The number of epoxide rings is 2. The van der Waals surface area contributed by atoms with E-state index >= 15 is 0 Å². The quantitative estimate of drug-likeness (QED) is 0.468. The van der Waals surface area contributed by atoms with E-state index in [1.54, 1.807) is 12.0 Å². The summed E-state index contributed by atoms with van der Waals surface area (Å²) in [7, 11) is 3.19. The lowest BCUT2D eigenvalue weighted by Gasteiger charge is -2.44. The highest BCUT2D eigenvalue weighted by Gasteiger charge is 2.72. The maximum Gasteiger partial charge on any atom is 0.410 e. The number of carbonyl (C=O) groups excluding carboxylic acids is 2. The van der Waals surface area contributed by atoms with Crippen LogP contribution < -0.4 is 5.32 Å². The Morgan fingerprint density at radius 2 is 2.00 bits per heavy atom. The van der Waals surface area contributed by atoms with Crippen molar-refractivity contribution < 1.29 is 33.3 Å². The molecule has 9 nitrogen and oxygen atoms in total. The van der Waals surface area contributed by atoms with Crippen molar-refractivity contribution in [2.45, 2.75) is 69.5 Å². The topological polar surface area (TPSA) is 102 Å². The Morgan fingerprint density at radius 3 is 2.59 bits per heavy atom. The summed E-state index contributed by atoms with van der Waals surface area (Å²) in [6, 6.07) is 0. The lowest BCUT2D eigenvalue weighted by atomic mass is 9.68. The first-order valence-corrected chi connectivity index (χ1v) is 11.5. The molecule has 0 unspecified atom stereocenters. The van der Waals surface area contributed by atoms with Crippen molar-refractivity contribution in [3.8, 4) is 0 Å². The van der Waals surface area contributed by atoms with Crippen LogP contribution >= 0.6 is 0 Å². The van der Waals surface area contributed by atoms with Gasteiger partial charge in [-0.15, -0.1) is 0 Å². The van der Waals surface area contributed by atoms with Gasteiger partial charge in [0, 0.05) is 33.2 Å². The Labute approximate surface area is 189 Å². The number of likely N-dealkylation sites (tertiary alicyclic amines) is 1. The number of amides is 2. The Morgan fingerprint density at radius 1 is 1.28 bits per heavy atom. The summed E-state index contributed by atoms with van der Waals surface area (Å²) in [5.74, 6) is 0.141. The van der Waals surface area contributed by atoms with E-state index in [1.165, 1.54) is 12.6 Å². The zero-order valence-corrected chi connectivity index (χ0v) is 19.7. The van der Waals surface area contributed by atoms with Crippen LogP contribution in [-0.4, -0.2) is 87.1 Å². The fourth-order valence-electron chi connectivity index (χ4n) is 5.36. The molecule has 1 saturated carbocycles. The van der Waals surface area contributed by atoms with Crippen molar-refractivity contribution in [3.63, 3.8) is 0 Å². The highest BCUT2D eigenvalue weighted by Crippen LogP contribution is 2.59. The Bertz CT molecular complexity index is 757. The number of ether oxygens (including phenoxy) is 5. The van der Waals surface area contributed by atoms with Crippen molar-refractivity contribution >= 4 is 12.2 Å². The molecular weight excluding hydrogens is 416 g/mol. The second kappa shape index (κ2) is 8.83. The molecule has 0 bridgehead atoms. The molecule has 1 spiro atoms. The number of methoxy groups -OCH3 is 1. The molecule has 0 aromatic carbocycles. The Hall–Kier alpha value is -1.84. The van der Waals surface area contributed by atoms with E-state index in [4.69, 9.17) is 23.7 Å².